The highest BCUT2D eigenvalue weighted by Crippen LogP contribution is 2.36. The number of aromatic nitrogens is 1. The molecular weight excluding hydrogens is 278 g/mol. The lowest BCUT2D eigenvalue weighted by atomic mass is 10.2. The van der Waals surface area contributed by atoms with E-state index < -0.39 is 10.7 Å². The lowest BCUT2D eigenvalue weighted by Crippen LogP contribution is -2.27. The monoisotopic (exact) mass is 289 g/mol. The minimum atomic E-state index is -0.872. The first kappa shape index (κ1) is 12.5. The molecule has 0 amide bonds. The molecule has 0 bridgehead atoms. The first-order valence-corrected chi connectivity index (χ1v) is 5.99. The second-order valence-electron chi connectivity index (χ2n) is 3.66. The van der Waals surface area contributed by atoms with E-state index in [0.29, 0.717) is 5.03 Å². The van der Waals surface area contributed by atoms with Gasteiger partial charge in [0.1, 0.15) is 9.77 Å². The van der Waals surface area contributed by atoms with Gasteiger partial charge in [0.25, 0.3) is 0 Å². The van der Waals surface area contributed by atoms with E-state index in [4.69, 9.17) is 5.11 Å². The summed E-state index contributed by atoms with van der Waals surface area (Å²) in [7, 11) is 0. The first-order chi connectivity index (χ1) is 6.84. The Kier molecular flexibility index (Phi) is 3.78. The zero-order valence-corrected chi connectivity index (χ0v) is 11.1. The third-order valence-electron chi connectivity index (χ3n) is 1.92. The molecule has 0 aliphatic heterocycles. The summed E-state index contributed by atoms with van der Waals surface area (Å²) in [6.45, 7) is 5.27. The van der Waals surface area contributed by atoms with Gasteiger partial charge in [0.05, 0.1) is 4.47 Å². The predicted molar refractivity (Wildman–Crippen MR) is 64.2 cm³/mol. The summed E-state index contributed by atoms with van der Waals surface area (Å²) in [5.74, 6) is -0.845. The number of carbonyl (C=O) groups is 1. The van der Waals surface area contributed by atoms with Gasteiger partial charge < -0.3 is 5.11 Å². The largest absolute Gasteiger partial charge is 0.480 e. The van der Waals surface area contributed by atoms with Gasteiger partial charge in [-0.15, -0.1) is 0 Å². The molecule has 0 aliphatic rings. The molecule has 0 fully saturated rings. The van der Waals surface area contributed by atoms with Crippen LogP contribution in [0.4, 0.5) is 0 Å². The number of pyridine rings is 1. The second kappa shape index (κ2) is 4.53. The average Bonchev–Trinajstić information content (AvgIpc) is 2.12. The van der Waals surface area contributed by atoms with Crippen molar-refractivity contribution in [2.75, 3.05) is 0 Å². The Hall–Kier alpha value is -0.550. The van der Waals surface area contributed by atoms with Gasteiger partial charge in [-0.2, -0.15) is 0 Å². The zero-order chi connectivity index (χ0) is 11.6. The molecule has 1 aromatic heterocycles. The fourth-order valence-corrected chi connectivity index (χ4v) is 2.28. The van der Waals surface area contributed by atoms with Crippen LogP contribution >= 0.6 is 27.7 Å². The van der Waals surface area contributed by atoms with Crippen molar-refractivity contribution in [2.45, 2.75) is 30.5 Å². The average molecular weight is 290 g/mol. The van der Waals surface area contributed by atoms with Gasteiger partial charge in [-0.1, -0.05) is 11.8 Å². The van der Waals surface area contributed by atoms with Crippen molar-refractivity contribution in [1.82, 2.24) is 4.98 Å². The summed E-state index contributed by atoms with van der Waals surface area (Å²) in [6, 6.07) is 1.88. The summed E-state index contributed by atoms with van der Waals surface area (Å²) >= 11 is 4.64. The van der Waals surface area contributed by atoms with Crippen LogP contribution in [0.3, 0.4) is 0 Å². The number of halogens is 1. The number of carboxylic acids is 1. The van der Waals surface area contributed by atoms with E-state index >= 15 is 0 Å². The summed E-state index contributed by atoms with van der Waals surface area (Å²) in [6.07, 6.45) is 1.68. The first-order valence-electron chi connectivity index (χ1n) is 4.38. The topological polar surface area (TPSA) is 50.2 Å². The zero-order valence-electron chi connectivity index (χ0n) is 8.74. The minimum absolute atomic E-state index is 0.711. The van der Waals surface area contributed by atoms with E-state index in [9.17, 15) is 4.79 Å². The van der Waals surface area contributed by atoms with Crippen molar-refractivity contribution in [2.24, 2.45) is 0 Å². The Bertz CT molecular complexity index is 393. The van der Waals surface area contributed by atoms with E-state index in [1.807, 2.05) is 13.0 Å². The Labute approximate surface area is 101 Å². The quantitative estimate of drug-likeness (QED) is 0.869. The standard InChI is InChI=1S/C10H12BrNO2S/c1-6-4-5-12-8(7(6)11)15-10(2,3)9(13)14/h4-5H,1-3H3,(H,13,14). The maximum atomic E-state index is 11.0. The molecule has 3 nitrogen and oxygen atoms in total. The molecule has 15 heavy (non-hydrogen) atoms. The summed E-state index contributed by atoms with van der Waals surface area (Å²) in [4.78, 5) is 15.1. The molecular formula is C10H12BrNO2S. The van der Waals surface area contributed by atoms with Crippen LogP contribution in [0.1, 0.15) is 19.4 Å². The van der Waals surface area contributed by atoms with Crippen molar-refractivity contribution in [3.8, 4) is 0 Å². The van der Waals surface area contributed by atoms with E-state index in [1.54, 1.807) is 20.0 Å². The highest BCUT2D eigenvalue weighted by Gasteiger charge is 2.30. The van der Waals surface area contributed by atoms with Crippen LogP contribution in [0.25, 0.3) is 0 Å². The maximum absolute atomic E-state index is 11.0. The van der Waals surface area contributed by atoms with Gasteiger partial charge in [0.15, 0.2) is 0 Å². The Morgan fingerprint density at radius 3 is 2.73 bits per heavy atom. The number of hydrogen-bond donors (Lipinski definition) is 1. The molecule has 5 heteroatoms. The number of aryl methyl sites for hydroxylation is 1. The van der Waals surface area contributed by atoms with Gasteiger partial charge in [0.2, 0.25) is 0 Å². The molecule has 0 saturated heterocycles. The van der Waals surface area contributed by atoms with Crippen LogP contribution in [0, 0.1) is 6.92 Å². The maximum Gasteiger partial charge on any atom is 0.319 e. The SMILES string of the molecule is Cc1ccnc(SC(C)(C)C(=O)O)c1Br. The van der Waals surface area contributed by atoms with E-state index in [1.165, 1.54) is 11.8 Å². The molecule has 0 atom stereocenters. The molecule has 82 valence electrons. The Morgan fingerprint density at radius 1 is 1.60 bits per heavy atom. The molecule has 0 unspecified atom stereocenters. The van der Waals surface area contributed by atoms with Crippen LogP contribution < -0.4 is 0 Å². The normalized spacial score (nSPS) is 11.5. The minimum Gasteiger partial charge on any atom is -0.480 e. The van der Waals surface area contributed by atoms with Crippen LogP contribution in [-0.2, 0) is 4.79 Å². The number of rotatable bonds is 3. The molecule has 1 N–H and O–H groups in total. The van der Waals surface area contributed by atoms with Crippen LogP contribution in [0.15, 0.2) is 21.8 Å². The van der Waals surface area contributed by atoms with Gasteiger partial charge in [-0.3, -0.25) is 4.79 Å². The van der Waals surface area contributed by atoms with Gasteiger partial charge in [-0.25, -0.2) is 4.98 Å². The van der Waals surface area contributed by atoms with E-state index in [0.717, 1.165) is 10.0 Å². The predicted octanol–water partition coefficient (Wildman–Crippen LogP) is 3.11. The smallest absolute Gasteiger partial charge is 0.319 e. The lowest BCUT2D eigenvalue weighted by Gasteiger charge is -2.18. The van der Waals surface area contributed by atoms with Gasteiger partial charge >= 0.3 is 5.97 Å². The Balaban J connectivity index is 3.00. The third kappa shape index (κ3) is 2.95. The molecule has 1 rings (SSSR count). The molecule has 0 aliphatic carbocycles. The second-order valence-corrected chi connectivity index (χ2v) is 6.07. The fraction of sp³-hybridized carbons (Fsp3) is 0.400. The number of thioether (sulfide) groups is 1. The van der Waals surface area contributed by atoms with Crippen molar-refractivity contribution in [1.29, 1.82) is 0 Å². The molecule has 1 heterocycles. The number of carboxylic acid groups (broad SMARTS) is 1. The molecule has 1 aromatic rings. The Morgan fingerprint density at radius 2 is 2.20 bits per heavy atom. The van der Waals surface area contributed by atoms with Gasteiger partial charge in [-0.05, 0) is 48.3 Å². The summed E-state index contributed by atoms with van der Waals surface area (Å²) < 4.78 is -0.00660. The van der Waals surface area contributed by atoms with Crippen molar-refractivity contribution >= 4 is 33.7 Å². The highest BCUT2D eigenvalue weighted by atomic mass is 79.9. The number of nitrogens with zero attached hydrogens (tertiary/aromatic N) is 1. The molecule has 0 spiro atoms. The summed E-state index contributed by atoms with van der Waals surface area (Å²) in [5.41, 5.74) is 1.05. The van der Waals surface area contributed by atoms with Crippen molar-refractivity contribution in [3.05, 3.63) is 22.3 Å². The molecule has 0 saturated carbocycles. The lowest BCUT2D eigenvalue weighted by molar-refractivity contribution is -0.138. The third-order valence-corrected chi connectivity index (χ3v) is 4.37. The van der Waals surface area contributed by atoms with Crippen LogP contribution in [0.5, 0.6) is 0 Å². The van der Waals surface area contributed by atoms with Crippen LogP contribution in [0.2, 0.25) is 0 Å². The van der Waals surface area contributed by atoms with Crippen molar-refractivity contribution in [3.63, 3.8) is 0 Å². The van der Waals surface area contributed by atoms with Crippen molar-refractivity contribution < 1.29 is 9.90 Å². The molecule has 0 aromatic carbocycles. The fourth-order valence-electron chi connectivity index (χ4n) is 0.872. The van der Waals surface area contributed by atoms with Crippen LogP contribution in [-0.4, -0.2) is 20.8 Å². The summed E-state index contributed by atoms with van der Waals surface area (Å²) in [5, 5.41) is 9.71. The van der Waals surface area contributed by atoms with E-state index in [2.05, 4.69) is 20.9 Å². The number of aliphatic carboxylic acids is 1. The number of hydrogen-bond acceptors (Lipinski definition) is 3. The highest BCUT2D eigenvalue weighted by molar-refractivity contribution is 9.10. The molecule has 0 radical (unpaired) electrons. The van der Waals surface area contributed by atoms with Gasteiger partial charge in [0, 0.05) is 6.20 Å². The van der Waals surface area contributed by atoms with E-state index in [-0.39, 0.29) is 0 Å².